The second-order valence-electron chi connectivity index (χ2n) is 4.80. The highest BCUT2D eigenvalue weighted by Crippen LogP contribution is 2.29. The molecule has 0 spiro atoms. The molecular weight excluding hydrogens is 260 g/mol. The Bertz CT molecular complexity index is 929. The van der Waals surface area contributed by atoms with Crippen LogP contribution in [0.5, 0.6) is 11.6 Å². The van der Waals surface area contributed by atoms with Gasteiger partial charge in [0.25, 0.3) is 0 Å². The van der Waals surface area contributed by atoms with Crippen LogP contribution in [0.3, 0.4) is 0 Å². The van der Waals surface area contributed by atoms with Gasteiger partial charge in [0.05, 0.1) is 11.7 Å². The second-order valence-corrected chi connectivity index (χ2v) is 4.80. The Morgan fingerprint density at radius 1 is 0.762 bits per heavy atom. The van der Waals surface area contributed by atoms with Crippen LogP contribution in [0.25, 0.3) is 21.7 Å². The van der Waals surface area contributed by atoms with Gasteiger partial charge in [-0.15, -0.1) is 0 Å². The molecular formula is C18H12N2O. The summed E-state index contributed by atoms with van der Waals surface area (Å²) in [4.78, 5) is 8.59. The molecule has 2 aromatic heterocycles. The molecule has 3 heteroatoms. The van der Waals surface area contributed by atoms with Crippen LogP contribution < -0.4 is 4.74 Å². The Morgan fingerprint density at radius 3 is 2.67 bits per heavy atom. The molecule has 0 radical (unpaired) electrons. The Morgan fingerprint density at radius 2 is 1.67 bits per heavy atom. The lowest BCUT2D eigenvalue weighted by molar-refractivity contribution is 0.470. The maximum absolute atomic E-state index is 5.96. The molecule has 2 heterocycles. The summed E-state index contributed by atoms with van der Waals surface area (Å²) in [5, 5.41) is 3.28. The summed E-state index contributed by atoms with van der Waals surface area (Å²) < 4.78 is 5.96. The van der Waals surface area contributed by atoms with E-state index in [4.69, 9.17) is 4.74 Å². The lowest BCUT2D eigenvalue weighted by Gasteiger charge is -2.08. The number of pyridine rings is 2. The fourth-order valence-corrected chi connectivity index (χ4v) is 2.40. The highest BCUT2D eigenvalue weighted by Gasteiger charge is 2.04. The van der Waals surface area contributed by atoms with Crippen LogP contribution in [0.4, 0.5) is 0 Å². The molecule has 0 amide bonds. The topological polar surface area (TPSA) is 35.0 Å². The van der Waals surface area contributed by atoms with E-state index in [-0.39, 0.29) is 0 Å². The van der Waals surface area contributed by atoms with Gasteiger partial charge in [-0.25, -0.2) is 4.98 Å². The summed E-state index contributed by atoms with van der Waals surface area (Å²) in [7, 11) is 0. The number of nitrogens with zero attached hydrogens (tertiary/aromatic N) is 2. The highest BCUT2D eigenvalue weighted by molar-refractivity contribution is 5.88. The van der Waals surface area contributed by atoms with Crippen LogP contribution in [-0.4, -0.2) is 9.97 Å². The van der Waals surface area contributed by atoms with Crippen molar-refractivity contribution in [2.45, 2.75) is 0 Å². The van der Waals surface area contributed by atoms with Crippen molar-refractivity contribution in [2.24, 2.45) is 0 Å². The van der Waals surface area contributed by atoms with Gasteiger partial charge >= 0.3 is 0 Å². The quantitative estimate of drug-likeness (QED) is 0.536. The lowest BCUT2D eigenvalue weighted by atomic mass is 10.1. The molecule has 0 aliphatic carbocycles. The van der Waals surface area contributed by atoms with Crippen molar-refractivity contribution in [1.82, 2.24) is 9.97 Å². The third kappa shape index (κ3) is 2.19. The van der Waals surface area contributed by atoms with Crippen molar-refractivity contribution in [2.75, 3.05) is 0 Å². The first-order chi connectivity index (χ1) is 10.4. The normalized spacial score (nSPS) is 10.9. The van der Waals surface area contributed by atoms with E-state index in [1.165, 1.54) is 0 Å². The number of aromatic nitrogens is 2. The van der Waals surface area contributed by atoms with Gasteiger partial charge < -0.3 is 4.74 Å². The number of hydrogen-bond donors (Lipinski definition) is 0. The third-order valence-corrected chi connectivity index (χ3v) is 3.43. The molecule has 2 aromatic carbocycles. The van der Waals surface area contributed by atoms with Crippen molar-refractivity contribution < 1.29 is 4.74 Å². The summed E-state index contributed by atoms with van der Waals surface area (Å²) in [5.41, 5.74) is 0.829. The average Bonchev–Trinajstić information content (AvgIpc) is 2.55. The number of ether oxygens (including phenoxy) is 1. The Labute approximate surface area is 121 Å². The molecule has 100 valence electrons. The van der Waals surface area contributed by atoms with E-state index >= 15 is 0 Å². The van der Waals surface area contributed by atoms with E-state index in [1.807, 2.05) is 48.5 Å². The zero-order chi connectivity index (χ0) is 14.1. The van der Waals surface area contributed by atoms with Gasteiger partial charge in [-0.2, -0.15) is 0 Å². The van der Waals surface area contributed by atoms with Crippen molar-refractivity contribution in [3.8, 4) is 11.6 Å². The average molecular weight is 272 g/mol. The smallest absolute Gasteiger partial charge is 0.219 e. The fraction of sp³-hybridized carbons (Fsp3) is 0. The maximum Gasteiger partial charge on any atom is 0.219 e. The van der Waals surface area contributed by atoms with Crippen LogP contribution >= 0.6 is 0 Å². The van der Waals surface area contributed by atoms with E-state index in [2.05, 4.69) is 22.1 Å². The monoisotopic (exact) mass is 272 g/mol. The fourth-order valence-electron chi connectivity index (χ4n) is 2.40. The number of hydrogen-bond acceptors (Lipinski definition) is 3. The first-order valence-electron chi connectivity index (χ1n) is 6.76. The standard InChI is InChI=1S/C18H12N2O/c1-2-6-15-13(4-1)5-3-7-17(15)21-18-9-8-14-10-11-19-12-16(14)20-18/h1-12H. The maximum atomic E-state index is 5.96. The Kier molecular flexibility index (Phi) is 2.75. The summed E-state index contributed by atoms with van der Waals surface area (Å²) in [5.74, 6) is 1.38. The molecule has 0 bridgehead atoms. The number of rotatable bonds is 2. The van der Waals surface area contributed by atoms with Crippen molar-refractivity contribution in [3.05, 3.63) is 73.1 Å². The summed E-state index contributed by atoms with van der Waals surface area (Å²) >= 11 is 0. The number of benzene rings is 2. The third-order valence-electron chi connectivity index (χ3n) is 3.43. The SMILES string of the molecule is c1ccc2c(Oc3ccc4ccncc4n3)cccc2c1. The predicted octanol–water partition coefficient (Wildman–Crippen LogP) is 4.58. The zero-order valence-electron chi connectivity index (χ0n) is 11.2. The summed E-state index contributed by atoms with van der Waals surface area (Å²) in [6.07, 6.45) is 3.50. The summed E-state index contributed by atoms with van der Waals surface area (Å²) in [6, 6.07) is 20.0. The molecule has 0 unspecified atom stereocenters. The van der Waals surface area contributed by atoms with E-state index in [1.54, 1.807) is 12.4 Å². The molecule has 0 aliphatic rings. The second kappa shape index (κ2) is 4.87. The van der Waals surface area contributed by atoms with Gasteiger partial charge in [0.2, 0.25) is 5.88 Å². The van der Waals surface area contributed by atoms with Crippen molar-refractivity contribution >= 4 is 21.7 Å². The highest BCUT2D eigenvalue weighted by atomic mass is 16.5. The first-order valence-corrected chi connectivity index (χ1v) is 6.76. The van der Waals surface area contributed by atoms with E-state index < -0.39 is 0 Å². The van der Waals surface area contributed by atoms with Gasteiger partial charge in [-0.05, 0) is 23.6 Å². The zero-order valence-corrected chi connectivity index (χ0v) is 11.2. The molecule has 0 saturated heterocycles. The van der Waals surface area contributed by atoms with Gasteiger partial charge in [0, 0.05) is 23.0 Å². The van der Waals surface area contributed by atoms with Crippen molar-refractivity contribution in [3.63, 3.8) is 0 Å². The summed E-state index contributed by atoms with van der Waals surface area (Å²) in [6.45, 7) is 0. The first kappa shape index (κ1) is 11.9. The minimum absolute atomic E-state index is 0.576. The van der Waals surface area contributed by atoms with Crippen LogP contribution in [0.15, 0.2) is 73.1 Å². The molecule has 21 heavy (non-hydrogen) atoms. The molecule has 0 N–H and O–H groups in total. The molecule has 0 atom stereocenters. The van der Waals surface area contributed by atoms with Crippen LogP contribution in [-0.2, 0) is 0 Å². The van der Waals surface area contributed by atoms with E-state index in [9.17, 15) is 0 Å². The molecule has 4 rings (SSSR count). The Hall–Kier alpha value is -2.94. The van der Waals surface area contributed by atoms with E-state index in [0.717, 1.165) is 27.4 Å². The molecule has 0 saturated carbocycles. The van der Waals surface area contributed by atoms with Gasteiger partial charge in [0.15, 0.2) is 0 Å². The number of fused-ring (bicyclic) bond motifs is 2. The van der Waals surface area contributed by atoms with Gasteiger partial charge in [0.1, 0.15) is 5.75 Å². The minimum atomic E-state index is 0.576. The van der Waals surface area contributed by atoms with Crippen LogP contribution in [0.2, 0.25) is 0 Å². The predicted molar refractivity (Wildman–Crippen MR) is 83.6 cm³/mol. The van der Waals surface area contributed by atoms with Crippen LogP contribution in [0, 0.1) is 0 Å². The molecule has 3 nitrogen and oxygen atoms in total. The van der Waals surface area contributed by atoms with Gasteiger partial charge in [-0.1, -0.05) is 36.4 Å². The van der Waals surface area contributed by atoms with E-state index in [0.29, 0.717) is 5.88 Å². The largest absolute Gasteiger partial charge is 0.438 e. The lowest BCUT2D eigenvalue weighted by Crippen LogP contribution is -1.90. The molecule has 4 aromatic rings. The molecule has 0 fully saturated rings. The van der Waals surface area contributed by atoms with Crippen molar-refractivity contribution in [1.29, 1.82) is 0 Å². The van der Waals surface area contributed by atoms with Crippen LogP contribution in [0.1, 0.15) is 0 Å². The van der Waals surface area contributed by atoms with Gasteiger partial charge in [-0.3, -0.25) is 4.98 Å². The Balaban J connectivity index is 1.79. The minimum Gasteiger partial charge on any atom is -0.438 e. The molecule has 0 aliphatic heterocycles.